The summed E-state index contributed by atoms with van der Waals surface area (Å²) in [5, 5.41) is 0. The summed E-state index contributed by atoms with van der Waals surface area (Å²) in [6.45, 7) is 9.22. The molecule has 0 spiro atoms. The molecule has 0 aliphatic carbocycles. The van der Waals surface area contributed by atoms with Crippen LogP contribution in [0.4, 0.5) is 5.69 Å². The van der Waals surface area contributed by atoms with Crippen molar-refractivity contribution in [1.29, 1.82) is 0 Å². The highest BCUT2D eigenvalue weighted by molar-refractivity contribution is 9.10. The third-order valence-electron chi connectivity index (χ3n) is 1.70. The lowest BCUT2D eigenvalue weighted by Gasteiger charge is -2.03. The van der Waals surface area contributed by atoms with E-state index in [1.807, 2.05) is 19.1 Å². The van der Waals surface area contributed by atoms with Crippen molar-refractivity contribution in [2.24, 2.45) is 4.99 Å². The molecule has 1 aromatic carbocycles. The van der Waals surface area contributed by atoms with Gasteiger partial charge in [0.15, 0.2) is 0 Å². The average molecular weight is 224 g/mol. The SMILES string of the molecule is C=Cc1cc(Br)c(C)cc1N=C. The van der Waals surface area contributed by atoms with E-state index in [4.69, 9.17) is 0 Å². The summed E-state index contributed by atoms with van der Waals surface area (Å²) in [6, 6.07) is 3.97. The highest BCUT2D eigenvalue weighted by atomic mass is 79.9. The maximum absolute atomic E-state index is 3.90. The van der Waals surface area contributed by atoms with E-state index in [0.717, 1.165) is 21.3 Å². The molecule has 62 valence electrons. The maximum atomic E-state index is 3.90. The molecule has 0 unspecified atom stereocenters. The van der Waals surface area contributed by atoms with Crippen molar-refractivity contribution < 1.29 is 0 Å². The van der Waals surface area contributed by atoms with E-state index in [2.05, 4.69) is 34.2 Å². The van der Waals surface area contributed by atoms with Gasteiger partial charge in [0, 0.05) is 10.0 Å². The summed E-state index contributed by atoms with van der Waals surface area (Å²) < 4.78 is 1.07. The number of nitrogens with zero attached hydrogens (tertiary/aromatic N) is 1. The highest BCUT2D eigenvalue weighted by Gasteiger charge is 2.00. The van der Waals surface area contributed by atoms with Gasteiger partial charge in [-0.15, -0.1) is 0 Å². The lowest BCUT2D eigenvalue weighted by Crippen LogP contribution is -1.79. The molecule has 12 heavy (non-hydrogen) atoms. The Hall–Kier alpha value is -0.890. The van der Waals surface area contributed by atoms with Crippen LogP contribution in [-0.4, -0.2) is 6.72 Å². The molecule has 0 radical (unpaired) electrons. The van der Waals surface area contributed by atoms with E-state index in [1.165, 1.54) is 0 Å². The first kappa shape index (κ1) is 9.20. The molecule has 0 atom stereocenters. The highest BCUT2D eigenvalue weighted by Crippen LogP contribution is 2.27. The monoisotopic (exact) mass is 223 g/mol. The second-order valence-electron chi connectivity index (χ2n) is 2.52. The van der Waals surface area contributed by atoms with Crippen LogP contribution in [0, 0.1) is 6.92 Å². The molecule has 0 fully saturated rings. The molecule has 0 saturated heterocycles. The van der Waals surface area contributed by atoms with Gasteiger partial charge in [-0.3, -0.25) is 4.99 Å². The number of aryl methyl sites for hydroxylation is 1. The second kappa shape index (κ2) is 3.68. The standard InChI is InChI=1S/C10H10BrN/c1-4-8-6-9(11)7(2)5-10(8)12-3/h4-6H,1,3H2,2H3. The molecule has 0 aliphatic rings. The molecule has 0 amide bonds. The smallest absolute Gasteiger partial charge is 0.0697 e. The Morgan fingerprint density at radius 1 is 1.50 bits per heavy atom. The summed E-state index contributed by atoms with van der Waals surface area (Å²) in [5.41, 5.74) is 3.04. The fourth-order valence-corrected chi connectivity index (χ4v) is 1.34. The van der Waals surface area contributed by atoms with Crippen LogP contribution in [0.3, 0.4) is 0 Å². The van der Waals surface area contributed by atoms with Crippen molar-refractivity contribution in [3.63, 3.8) is 0 Å². The number of hydrogen-bond acceptors (Lipinski definition) is 1. The van der Waals surface area contributed by atoms with Gasteiger partial charge in [0.25, 0.3) is 0 Å². The molecule has 1 nitrogen and oxygen atoms in total. The Bertz CT molecular complexity index is 296. The van der Waals surface area contributed by atoms with Gasteiger partial charge in [-0.25, -0.2) is 0 Å². The molecular formula is C10H10BrN. The summed E-state index contributed by atoms with van der Waals surface area (Å²) in [4.78, 5) is 3.90. The van der Waals surface area contributed by atoms with Crippen LogP contribution in [0.2, 0.25) is 0 Å². The fraction of sp³-hybridized carbons (Fsp3) is 0.100. The van der Waals surface area contributed by atoms with Gasteiger partial charge in [-0.1, -0.05) is 28.6 Å². The number of aliphatic imine (C=N–C) groups is 1. The second-order valence-corrected chi connectivity index (χ2v) is 3.38. The molecule has 1 rings (SSSR count). The summed E-state index contributed by atoms with van der Waals surface area (Å²) >= 11 is 3.44. The van der Waals surface area contributed by atoms with Crippen molar-refractivity contribution in [1.82, 2.24) is 0 Å². The van der Waals surface area contributed by atoms with E-state index in [-0.39, 0.29) is 0 Å². The minimum absolute atomic E-state index is 0.880. The van der Waals surface area contributed by atoms with Gasteiger partial charge < -0.3 is 0 Å². The van der Waals surface area contributed by atoms with Gasteiger partial charge in [0.1, 0.15) is 0 Å². The quantitative estimate of drug-likeness (QED) is 0.678. The predicted molar refractivity (Wildman–Crippen MR) is 58.2 cm³/mol. The van der Waals surface area contributed by atoms with Crippen molar-refractivity contribution in [3.8, 4) is 0 Å². The maximum Gasteiger partial charge on any atom is 0.0697 e. The lowest BCUT2D eigenvalue weighted by atomic mass is 10.1. The van der Waals surface area contributed by atoms with Crippen LogP contribution in [0.15, 0.2) is 28.2 Å². The summed E-state index contributed by atoms with van der Waals surface area (Å²) in [6.07, 6.45) is 1.77. The Labute approximate surface area is 81.0 Å². The van der Waals surface area contributed by atoms with Gasteiger partial charge in [0.2, 0.25) is 0 Å². The first-order valence-electron chi connectivity index (χ1n) is 3.58. The van der Waals surface area contributed by atoms with E-state index >= 15 is 0 Å². The number of rotatable bonds is 2. The van der Waals surface area contributed by atoms with Crippen molar-refractivity contribution in [3.05, 3.63) is 34.3 Å². The van der Waals surface area contributed by atoms with Gasteiger partial charge in [0.05, 0.1) is 5.69 Å². The zero-order chi connectivity index (χ0) is 9.14. The molecule has 0 bridgehead atoms. The topological polar surface area (TPSA) is 12.4 Å². The molecule has 1 aromatic rings. The Kier molecular flexibility index (Phi) is 2.82. The predicted octanol–water partition coefficient (Wildman–Crippen LogP) is 3.73. The average Bonchev–Trinajstić information content (AvgIpc) is 2.09. The molecular weight excluding hydrogens is 214 g/mol. The fourth-order valence-electron chi connectivity index (χ4n) is 0.982. The first-order chi connectivity index (χ1) is 5.69. The first-order valence-corrected chi connectivity index (χ1v) is 4.37. The Balaban J connectivity index is 3.37. The summed E-state index contributed by atoms with van der Waals surface area (Å²) in [5.74, 6) is 0. The number of halogens is 1. The van der Waals surface area contributed by atoms with Crippen LogP contribution in [0.5, 0.6) is 0 Å². The van der Waals surface area contributed by atoms with E-state index < -0.39 is 0 Å². The Morgan fingerprint density at radius 3 is 2.67 bits per heavy atom. The van der Waals surface area contributed by atoms with E-state index in [0.29, 0.717) is 0 Å². The third kappa shape index (κ3) is 1.64. The molecule has 0 saturated carbocycles. The minimum Gasteiger partial charge on any atom is -0.264 e. The van der Waals surface area contributed by atoms with Gasteiger partial charge in [-0.2, -0.15) is 0 Å². The van der Waals surface area contributed by atoms with Gasteiger partial charge in [-0.05, 0) is 31.3 Å². The Morgan fingerprint density at radius 2 is 2.17 bits per heavy atom. The van der Waals surface area contributed by atoms with Crippen molar-refractivity contribution in [2.45, 2.75) is 6.92 Å². The van der Waals surface area contributed by atoms with Crippen molar-refractivity contribution >= 4 is 34.4 Å². The number of hydrogen-bond donors (Lipinski definition) is 0. The summed E-state index contributed by atoms with van der Waals surface area (Å²) in [7, 11) is 0. The largest absolute Gasteiger partial charge is 0.264 e. The molecule has 2 heteroatoms. The van der Waals surface area contributed by atoms with Crippen molar-refractivity contribution in [2.75, 3.05) is 0 Å². The molecule has 0 heterocycles. The zero-order valence-corrected chi connectivity index (χ0v) is 8.56. The normalized spacial score (nSPS) is 9.50. The third-order valence-corrected chi connectivity index (χ3v) is 2.55. The van der Waals surface area contributed by atoms with Gasteiger partial charge >= 0.3 is 0 Å². The zero-order valence-electron chi connectivity index (χ0n) is 6.97. The molecule has 0 aromatic heterocycles. The minimum atomic E-state index is 0.880. The van der Waals surface area contributed by atoms with Crippen LogP contribution >= 0.6 is 15.9 Å². The molecule has 0 N–H and O–H groups in total. The van der Waals surface area contributed by atoms with E-state index in [1.54, 1.807) is 6.08 Å². The van der Waals surface area contributed by atoms with Crippen LogP contribution in [-0.2, 0) is 0 Å². The van der Waals surface area contributed by atoms with Crippen LogP contribution in [0.1, 0.15) is 11.1 Å². The van der Waals surface area contributed by atoms with Crippen LogP contribution in [0.25, 0.3) is 6.08 Å². The lowest BCUT2D eigenvalue weighted by molar-refractivity contribution is 1.39. The molecule has 0 aliphatic heterocycles. The van der Waals surface area contributed by atoms with E-state index in [9.17, 15) is 0 Å². The van der Waals surface area contributed by atoms with Crippen LogP contribution < -0.4 is 0 Å². The number of benzene rings is 1.